The molecule has 3 heterocycles. The predicted octanol–water partition coefficient (Wildman–Crippen LogP) is 6.29. The van der Waals surface area contributed by atoms with Crippen molar-refractivity contribution in [2.75, 3.05) is 0 Å². The van der Waals surface area contributed by atoms with Crippen LogP contribution in [0.4, 0.5) is 21.8 Å². The summed E-state index contributed by atoms with van der Waals surface area (Å²) in [6.45, 7) is -4.26. The van der Waals surface area contributed by atoms with Gasteiger partial charge in [-0.1, -0.05) is 23.7 Å². The predicted molar refractivity (Wildman–Crippen MR) is 101 cm³/mol. The topological polar surface area (TPSA) is 7.94 Å². The normalized spacial score (nSPS) is 18.2. The Morgan fingerprint density at radius 2 is 1.74 bits per heavy atom. The van der Waals surface area contributed by atoms with Crippen molar-refractivity contribution in [2.24, 2.45) is 0 Å². The maximum Gasteiger partial charge on any atom is 0.738 e. The largest absolute Gasteiger partial charge is 0.738 e. The Morgan fingerprint density at radius 1 is 1.04 bits per heavy atom. The minimum Gasteiger partial charge on any atom is -0.389 e. The van der Waals surface area contributed by atoms with Crippen LogP contribution in [-0.2, 0) is 6.18 Å². The van der Waals surface area contributed by atoms with E-state index in [2.05, 4.69) is 31.9 Å². The van der Waals surface area contributed by atoms with Crippen LogP contribution in [0, 0.1) is 0 Å². The molecule has 2 nitrogen and oxygen atoms in total. The van der Waals surface area contributed by atoms with Crippen molar-refractivity contribution in [1.82, 2.24) is 4.48 Å². The minimum atomic E-state index is -4.67. The van der Waals surface area contributed by atoms with Gasteiger partial charge in [-0.2, -0.15) is 13.2 Å². The number of rotatable bonds is 1. The summed E-state index contributed by atoms with van der Waals surface area (Å²) < 4.78 is 71.9. The second-order valence-corrected chi connectivity index (χ2v) is 7.95. The fourth-order valence-electron chi connectivity index (χ4n) is 3.35. The first-order valence-electron chi connectivity index (χ1n) is 7.55. The van der Waals surface area contributed by atoms with Crippen molar-refractivity contribution in [3.05, 3.63) is 74.6 Å². The molecule has 140 valence electrons. The van der Waals surface area contributed by atoms with Crippen molar-refractivity contribution >= 4 is 60.6 Å². The van der Waals surface area contributed by atoms with Crippen LogP contribution in [-0.4, -0.2) is 20.6 Å². The Labute approximate surface area is 171 Å². The van der Waals surface area contributed by atoms with Crippen LogP contribution >= 0.6 is 43.5 Å². The number of nitrogens with zero attached hydrogens (tertiary/aromatic N) is 2. The lowest BCUT2D eigenvalue weighted by Gasteiger charge is -2.32. The Bertz CT molecular complexity index is 1080. The Kier molecular flexibility index (Phi) is 4.25. The molecule has 11 heteroatoms. The number of fused-ring (bicyclic) bond motifs is 2. The van der Waals surface area contributed by atoms with Gasteiger partial charge in [-0.25, -0.2) is 0 Å². The summed E-state index contributed by atoms with van der Waals surface area (Å²) in [5.41, 5.74) is -0.657. The molecule has 0 radical (unpaired) electrons. The first-order chi connectivity index (χ1) is 12.5. The molecule has 0 aliphatic carbocycles. The fraction of sp³-hybridized carbons (Fsp3) is 0.0625. The third kappa shape index (κ3) is 2.67. The van der Waals surface area contributed by atoms with E-state index >= 15 is 8.63 Å². The van der Waals surface area contributed by atoms with E-state index in [0.29, 0.717) is 0 Å². The lowest BCUT2D eigenvalue weighted by atomic mass is 9.86. The fourth-order valence-corrected chi connectivity index (χ4v) is 4.82. The van der Waals surface area contributed by atoms with Crippen molar-refractivity contribution < 1.29 is 26.3 Å². The van der Waals surface area contributed by atoms with E-state index in [-0.39, 0.29) is 31.8 Å². The van der Waals surface area contributed by atoms with E-state index in [1.165, 1.54) is 36.4 Å². The highest BCUT2D eigenvalue weighted by atomic mass is 79.9. The standard InChI is InChI=1S/C16H7BBr2ClF5N2/c18-12-6-4-10-14(8-2-1-3-9(15(8)20)16(21,22)23)11-5-7-13(19)27(11)17(24,25)26(10)12/h1-7H. The van der Waals surface area contributed by atoms with Gasteiger partial charge in [0.25, 0.3) is 0 Å². The summed E-state index contributed by atoms with van der Waals surface area (Å²) >= 11 is 12.3. The molecule has 0 bridgehead atoms. The lowest BCUT2D eigenvalue weighted by Crippen LogP contribution is -2.50. The number of hydrogen-bond acceptors (Lipinski definition) is 0. The van der Waals surface area contributed by atoms with Crippen LogP contribution in [0.2, 0.25) is 5.02 Å². The lowest BCUT2D eigenvalue weighted by molar-refractivity contribution is -0.358. The third-order valence-corrected chi connectivity index (χ3v) is 6.14. The van der Waals surface area contributed by atoms with Crippen LogP contribution < -0.4 is 0 Å². The van der Waals surface area contributed by atoms with Crippen LogP contribution in [0.5, 0.6) is 0 Å². The maximum absolute atomic E-state index is 15.1. The maximum atomic E-state index is 15.1. The summed E-state index contributed by atoms with van der Waals surface area (Å²) in [5.74, 6) is 0. The molecule has 0 fully saturated rings. The molecular formula is C16H7BBr2ClF5N2. The summed E-state index contributed by atoms with van der Waals surface area (Å²) in [6, 6.07) is 6.31. The van der Waals surface area contributed by atoms with Crippen molar-refractivity contribution in [1.29, 1.82) is 0 Å². The quantitative estimate of drug-likeness (QED) is 0.304. The highest BCUT2D eigenvalue weighted by Crippen LogP contribution is 2.46. The zero-order valence-corrected chi connectivity index (χ0v) is 17.0. The molecule has 2 aliphatic rings. The summed E-state index contributed by atoms with van der Waals surface area (Å²) in [6.07, 6.45) is -1.82. The van der Waals surface area contributed by atoms with Gasteiger partial charge in [-0.15, -0.1) is 0 Å². The average molecular weight is 528 g/mol. The van der Waals surface area contributed by atoms with Gasteiger partial charge >= 0.3 is 13.1 Å². The number of benzene rings is 1. The first-order valence-corrected chi connectivity index (χ1v) is 9.51. The highest BCUT2D eigenvalue weighted by Gasteiger charge is 2.54. The SMILES string of the molecule is F[B-]1(F)n2c(Br)ccc2C(c2cccc(C(F)(F)F)c2Cl)=C2C=CC(Br)=[N+]21. The van der Waals surface area contributed by atoms with Gasteiger partial charge in [0.2, 0.25) is 4.62 Å². The van der Waals surface area contributed by atoms with Gasteiger partial charge < -0.3 is 17.6 Å². The Balaban J connectivity index is 2.10. The van der Waals surface area contributed by atoms with E-state index in [0.717, 1.165) is 15.0 Å². The molecule has 0 saturated heterocycles. The summed E-state index contributed by atoms with van der Waals surface area (Å²) in [5, 5.41) is -0.537. The van der Waals surface area contributed by atoms with Gasteiger partial charge in [-0.05, 0) is 34.1 Å². The molecule has 27 heavy (non-hydrogen) atoms. The Morgan fingerprint density at radius 3 is 2.41 bits per heavy atom. The van der Waals surface area contributed by atoms with Gasteiger partial charge in [0.1, 0.15) is 0 Å². The van der Waals surface area contributed by atoms with Gasteiger partial charge in [0, 0.05) is 39.3 Å². The van der Waals surface area contributed by atoms with Crippen molar-refractivity contribution in [3.63, 3.8) is 0 Å². The molecule has 2 aromatic rings. The zero-order chi connectivity index (χ0) is 19.7. The molecular weight excluding hydrogens is 521 g/mol. The number of aromatic nitrogens is 1. The average Bonchev–Trinajstić information content (AvgIpc) is 3.13. The number of halogens is 8. The highest BCUT2D eigenvalue weighted by molar-refractivity contribution is 9.18. The molecule has 1 aromatic heterocycles. The van der Waals surface area contributed by atoms with E-state index in [4.69, 9.17) is 11.6 Å². The molecule has 4 rings (SSSR count). The number of hydrogen-bond donors (Lipinski definition) is 0. The molecule has 0 N–H and O–H groups in total. The molecule has 1 aromatic carbocycles. The molecule has 2 aliphatic heterocycles. The Hall–Kier alpha value is -1.39. The van der Waals surface area contributed by atoms with Gasteiger partial charge in [-0.3, -0.25) is 0 Å². The van der Waals surface area contributed by atoms with E-state index in [9.17, 15) is 13.2 Å². The van der Waals surface area contributed by atoms with E-state index in [1.807, 2.05) is 0 Å². The van der Waals surface area contributed by atoms with E-state index < -0.39 is 23.7 Å². The molecule has 0 unspecified atom stereocenters. The van der Waals surface area contributed by atoms with E-state index in [1.54, 1.807) is 0 Å². The minimum absolute atomic E-state index is 0.0245. The molecule has 0 amide bonds. The van der Waals surface area contributed by atoms with Crippen LogP contribution in [0.15, 0.2) is 52.8 Å². The summed E-state index contributed by atoms with van der Waals surface area (Å²) in [7, 11) is 0. The van der Waals surface area contributed by atoms with Crippen molar-refractivity contribution in [3.8, 4) is 0 Å². The second kappa shape index (κ2) is 6.05. The third-order valence-electron chi connectivity index (χ3n) is 4.44. The van der Waals surface area contributed by atoms with Crippen molar-refractivity contribution in [2.45, 2.75) is 6.18 Å². The van der Waals surface area contributed by atoms with Crippen LogP contribution in [0.1, 0.15) is 16.8 Å². The first kappa shape index (κ1) is 19.0. The van der Waals surface area contributed by atoms with Crippen LogP contribution in [0.25, 0.3) is 5.57 Å². The zero-order valence-electron chi connectivity index (χ0n) is 13.0. The van der Waals surface area contributed by atoms with Gasteiger partial charge in [0.15, 0.2) is 5.70 Å². The van der Waals surface area contributed by atoms with Gasteiger partial charge in [0.05, 0.1) is 20.8 Å². The number of allylic oxidation sites excluding steroid dienone is 2. The molecule has 0 saturated carbocycles. The summed E-state index contributed by atoms with van der Waals surface area (Å²) in [4.78, 5) is 0. The van der Waals surface area contributed by atoms with Crippen LogP contribution in [0.3, 0.4) is 0 Å². The monoisotopic (exact) mass is 526 g/mol. The second-order valence-electron chi connectivity index (χ2n) is 5.95. The molecule has 0 atom stereocenters. The molecule has 0 spiro atoms. The number of alkyl halides is 3. The smallest absolute Gasteiger partial charge is 0.389 e.